The number of H-pyrrole nitrogens is 1. The number of hydrogen-bond acceptors (Lipinski definition) is 3. The molecule has 0 spiro atoms. The third kappa shape index (κ3) is 2.70. The molecule has 4 heteroatoms. The summed E-state index contributed by atoms with van der Waals surface area (Å²) in [5.41, 5.74) is 2.35. The molecular weight excluding hydrogens is 190 g/mol. The van der Waals surface area contributed by atoms with Crippen molar-refractivity contribution in [3.05, 3.63) is 41.9 Å². The van der Waals surface area contributed by atoms with Crippen LogP contribution in [0.25, 0.3) is 0 Å². The Morgan fingerprint density at radius 1 is 1.53 bits per heavy atom. The SMILES string of the molecule is Cc1ccoc1CNCCc1cnc[nH]1. The molecule has 0 amide bonds. The van der Waals surface area contributed by atoms with Crippen molar-refractivity contribution in [3.63, 3.8) is 0 Å². The summed E-state index contributed by atoms with van der Waals surface area (Å²) in [6, 6.07) is 1.98. The number of nitrogens with zero attached hydrogens (tertiary/aromatic N) is 1. The average Bonchev–Trinajstić information content (AvgIpc) is 2.85. The van der Waals surface area contributed by atoms with E-state index < -0.39 is 0 Å². The Hall–Kier alpha value is -1.55. The van der Waals surface area contributed by atoms with Crippen molar-refractivity contribution in [2.75, 3.05) is 6.54 Å². The molecule has 0 bridgehead atoms. The second-order valence-corrected chi connectivity index (χ2v) is 3.53. The van der Waals surface area contributed by atoms with Gasteiger partial charge in [0.2, 0.25) is 0 Å². The van der Waals surface area contributed by atoms with Crippen LogP contribution < -0.4 is 5.32 Å². The molecule has 4 nitrogen and oxygen atoms in total. The Bertz CT molecular complexity index is 392. The summed E-state index contributed by atoms with van der Waals surface area (Å²) >= 11 is 0. The Morgan fingerprint density at radius 3 is 3.13 bits per heavy atom. The summed E-state index contributed by atoms with van der Waals surface area (Å²) in [6.07, 6.45) is 6.23. The molecule has 2 aromatic heterocycles. The topological polar surface area (TPSA) is 53.9 Å². The van der Waals surface area contributed by atoms with Crippen LogP contribution in [-0.2, 0) is 13.0 Å². The Labute approximate surface area is 88.7 Å². The van der Waals surface area contributed by atoms with Crippen molar-refractivity contribution in [3.8, 4) is 0 Å². The van der Waals surface area contributed by atoms with Gasteiger partial charge in [0.1, 0.15) is 5.76 Å². The molecule has 15 heavy (non-hydrogen) atoms. The number of furan rings is 1. The summed E-state index contributed by atoms with van der Waals surface area (Å²) < 4.78 is 5.32. The normalized spacial score (nSPS) is 10.7. The molecule has 0 aromatic carbocycles. The molecule has 2 N–H and O–H groups in total. The van der Waals surface area contributed by atoms with Crippen LogP contribution in [0, 0.1) is 6.92 Å². The second kappa shape index (κ2) is 4.79. The molecular formula is C11H15N3O. The fourth-order valence-electron chi connectivity index (χ4n) is 1.43. The van der Waals surface area contributed by atoms with Crippen molar-refractivity contribution in [1.29, 1.82) is 0 Å². The number of imidazole rings is 1. The molecule has 2 rings (SSSR count). The largest absolute Gasteiger partial charge is 0.468 e. The number of hydrogen-bond donors (Lipinski definition) is 2. The van der Waals surface area contributed by atoms with Crippen LogP contribution in [-0.4, -0.2) is 16.5 Å². The number of aryl methyl sites for hydroxylation is 1. The van der Waals surface area contributed by atoms with Gasteiger partial charge in [-0.2, -0.15) is 0 Å². The van der Waals surface area contributed by atoms with Crippen molar-refractivity contribution < 1.29 is 4.42 Å². The zero-order valence-electron chi connectivity index (χ0n) is 8.79. The maximum absolute atomic E-state index is 5.32. The maximum Gasteiger partial charge on any atom is 0.120 e. The van der Waals surface area contributed by atoms with Crippen LogP contribution in [0.15, 0.2) is 29.3 Å². The molecule has 2 heterocycles. The van der Waals surface area contributed by atoms with Crippen LogP contribution >= 0.6 is 0 Å². The van der Waals surface area contributed by atoms with E-state index in [1.807, 2.05) is 12.3 Å². The monoisotopic (exact) mass is 205 g/mol. The Balaban J connectivity index is 1.70. The molecule has 0 aliphatic rings. The van der Waals surface area contributed by atoms with Gasteiger partial charge in [-0.15, -0.1) is 0 Å². The zero-order chi connectivity index (χ0) is 10.5. The lowest BCUT2D eigenvalue weighted by Crippen LogP contribution is -2.16. The van der Waals surface area contributed by atoms with Gasteiger partial charge in [0.05, 0.1) is 19.1 Å². The summed E-state index contributed by atoms with van der Waals surface area (Å²) in [5, 5.41) is 3.33. The minimum absolute atomic E-state index is 0.785. The standard InChI is InChI=1S/C11H15N3O/c1-9-3-5-15-11(9)7-12-4-2-10-6-13-8-14-10/h3,5-6,8,12H,2,4,7H2,1H3,(H,13,14). The van der Waals surface area contributed by atoms with Gasteiger partial charge in [-0.1, -0.05) is 0 Å². The lowest BCUT2D eigenvalue weighted by molar-refractivity contribution is 0.481. The average molecular weight is 205 g/mol. The number of aromatic amines is 1. The van der Waals surface area contributed by atoms with Crippen molar-refractivity contribution in [2.45, 2.75) is 19.9 Å². The summed E-state index contributed by atoms with van der Waals surface area (Å²) in [6.45, 7) is 3.75. The molecule has 0 aliphatic carbocycles. The Morgan fingerprint density at radius 2 is 2.47 bits per heavy atom. The van der Waals surface area contributed by atoms with Crippen LogP contribution in [0.2, 0.25) is 0 Å². The summed E-state index contributed by atoms with van der Waals surface area (Å²) in [7, 11) is 0. The second-order valence-electron chi connectivity index (χ2n) is 3.53. The van der Waals surface area contributed by atoms with Gasteiger partial charge in [-0.25, -0.2) is 4.98 Å². The number of nitrogens with one attached hydrogen (secondary N) is 2. The zero-order valence-corrected chi connectivity index (χ0v) is 8.79. The predicted octanol–water partition coefficient (Wildman–Crippen LogP) is 1.64. The van der Waals surface area contributed by atoms with Gasteiger partial charge in [-0.3, -0.25) is 0 Å². The van der Waals surface area contributed by atoms with Gasteiger partial charge in [0, 0.05) is 24.9 Å². The van der Waals surface area contributed by atoms with Gasteiger partial charge in [0.25, 0.3) is 0 Å². The molecule has 80 valence electrons. The smallest absolute Gasteiger partial charge is 0.120 e. The number of aromatic nitrogens is 2. The molecule has 2 aromatic rings. The third-order valence-corrected chi connectivity index (χ3v) is 2.38. The highest BCUT2D eigenvalue weighted by atomic mass is 16.3. The molecule has 0 fully saturated rings. The fourth-order valence-corrected chi connectivity index (χ4v) is 1.43. The predicted molar refractivity (Wildman–Crippen MR) is 57.4 cm³/mol. The molecule has 0 unspecified atom stereocenters. The van der Waals surface area contributed by atoms with Crippen molar-refractivity contribution in [1.82, 2.24) is 15.3 Å². The van der Waals surface area contributed by atoms with Crippen LogP contribution in [0.1, 0.15) is 17.0 Å². The molecule has 0 radical (unpaired) electrons. The Kier molecular flexibility index (Phi) is 3.19. The summed E-state index contributed by atoms with van der Waals surface area (Å²) in [5.74, 6) is 1.01. The lowest BCUT2D eigenvalue weighted by atomic mass is 10.3. The van der Waals surface area contributed by atoms with E-state index in [1.165, 1.54) is 5.56 Å². The lowest BCUT2D eigenvalue weighted by Gasteiger charge is -2.01. The fraction of sp³-hybridized carbons (Fsp3) is 0.364. The van der Waals surface area contributed by atoms with Crippen LogP contribution in [0.3, 0.4) is 0 Å². The van der Waals surface area contributed by atoms with Gasteiger partial charge in [0.15, 0.2) is 0 Å². The highest BCUT2D eigenvalue weighted by Gasteiger charge is 2.00. The molecule has 0 atom stereocenters. The van der Waals surface area contributed by atoms with E-state index in [0.29, 0.717) is 0 Å². The highest BCUT2D eigenvalue weighted by molar-refractivity contribution is 5.14. The minimum Gasteiger partial charge on any atom is -0.468 e. The van der Waals surface area contributed by atoms with Gasteiger partial charge in [-0.05, 0) is 18.6 Å². The van der Waals surface area contributed by atoms with E-state index in [0.717, 1.165) is 31.0 Å². The van der Waals surface area contributed by atoms with Crippen molar-refractivity contribution >= 4 is 0 Å². The van der Waals surface area contributed by atoms with E-state index in [1.54, 1.807) is 12.6 Å². The number of rotatable bonds is 5. The first-order valence-corrected chi connectivity index (χ1v) is 5.07. The first-order valence-electron chi connectivity index (χ1n) is 5.07. The highest BCUT2D eigenvalue weighted by Crippen LogP contribution is 2.07. The van der Waals surface area contributed by atoms with E-state index in [4.69, 9.17) is 4.42 Å². The van der Waals surface area contributed by atoms with E-state index in [2.05, 4.69) is 22.2 Å². The van der Waals surface area contributed by atoms with E-state index >= 15 is 0 Å². The first-order chi connectivity index (χ1) is 7.36. The van der Waals surface area contributed by atoms with Crippen LogP contribution in [0.4, 0.5) is 0 Å². The quantitative estimate of drug-likeness (QED) is 0.730. The van der Waals surface area contributed by atoms with E-state index in [-0.39, 0.29) is 0 Å². The van der Waals surface area contributed by atoms with Gasteiger partial charge < -0.3 is 14.7 Å². The summed E-state index contributed by atoms with van der Waals surface area (Å²) in [4.78, 5) is 7.03. The third-order valence-electron chi connectivity index (χ3n) is 2.38. The molecule has 0 aliphatic heterocycles. The van der Waals surface area contributed by atoms with E-state index in [9.17, 15) is 0 Å². The molecule has 0 saturated carbocycles. The maximum atomic E-state index is 5.32. The first kappa shape index (κ1) is 9.98. The van der Waals surface area contributed by atoms with Crippen molar-refractivity contribution in [2.24, 2.45) is 0 Å². The minimum atomic E-state index is 0.785. The van der Waals surface area contributed by atoms with Gasteiger partial charge >= 0.3 is 0 Å². The molecule has 0 saturated heterocycles. The van der Waals surface area contributed by atoms with Crippen LogP contribution in [0.5, 0.6) is 0 Å².